The highest BCUT2D eigenvalue weighted by atomic mass is 35.5. The molecule has 2 heterocycles. The zero-order valence-electron chi connectivity index (χ0n) is 10.9. The predicted molar refractivity (Wildman–Crippen MR) is 74.6 cm³/mol. The molecule has 0 aliphatic heterocycles. The van der Waals surface area contributed by atoms with Gasteiger partial charge in [-0.3, -0.25) is 0 Å². The van der Waals surface area contributed by atoms with Gasteiger partial charge in [-0.1, -0.05) is 11.6 Å². The molecule has 0 aliphatic carbocycles. The normalized spacial score (nSPS) is 10.8. The number of aryl methyl sites for hydroxylation is 1. The van der Waals surface area contributed by atoms with Gasteiger partial charge in [-0.2, -0.15) is 14.6 Å². The van der Waals surface area contributed by atoms with Crippen LogP contribution in [-0.4, -0.2) is 25.6 Å². The van der Waals surface area contributed by atoms with E-state index in [0.717, 1.165) is 5.69 Å². The smallest absolute Gasteiger partial charge is 0.254 e. The van der Waals surface area contributed by atoms with Gasteiger partial charge in [0.1, 0.15) is 12.1 Å². The summed E-state index contributed by atoms with van der Waals surface area (Å²) in [6.45, 7) is 1.83. The second-order valence-electron chi connectivity index (χ2n) is 4.36. The Morgan fingerprint density at radius 2 is 2.19 bits per heavy atom. The summed E-state index contributed by atoms with van der Waals surface area (Å²) in [4.78, 5) is 19.2. The van der Waals surface area contributed by atoms with Gasteiger partial charge < -0.3 is 15.2 Å². The van der Waals surface area contributed by atoms with E-state index >= 15 is 0 Å². The number of benzene rings is 1. The van der Waals surface area contributed by atoms with Gasteiger partial charge in [-0.15, -0.1) is 0 Å². The first kappa shape index (κ1) is 13.3. The number of nitrogens with one attached hydrogen (secondary N) is 1. The maximum atomic E-state index is 11.0. The van der Waals surface area contributed by atoms with Crippen LogP contribution >= 0.6 is 11.6 Å². The minimum Gasteiger partial charge on any atom is -0.545 e. The lowest BCUT2D eigenvalue weighted by Gasteiger charge is -2.11. The van der Waals surface area contributed by atoms with Crippen molar-refractivity contribution in [2.75, 3.05) is 5.32 Å². The van der Waals surface area contributed by atoms with Crippen LogP contribution in [0.2, 0.25) is 5.02 Å². The van der Waals surface area contributed by atoms with Crippen molar-refractivity contribution in [2.45, 2.75) is 6.92 Å². The number of fused-ring (bicyclic) bond motifs is 1. The Kier molecular flexibility index (Phi) is 3.19. The largest absolute Gasteiger partial charge is 0.545 e. The fourth-order valence-electron chi connectivity index (χ4n) is 1.93. The van der Waals surface area contributed by atoms with Crippen LogP contribution in [0.3, 0.4) is 0 Å². The molecule has 0 fully saturated rings. The van der Waals surface area contributed by atoms with E-state index in [1.54, 1.807) is 12.1 Å². The Bertz CT molecular complexity index is 846. The lowest BCUT2D eigenvalue weighted by atomic mass is 10.2. The summed E-state index contributed by atoms with van der Waals surface area (Å²) in [6.07, 6.45) is 1.39. The van der Waals surface area contributed by atoms with Gasteiger partial charge in [-0.25, -0.2) is 4.98 Å². The molecule has 0 bridgehead atoms. The van der Waals surface area contributed by atoms with Crippen molar-refractivity contribution in [1.82, 2.24) is 19.6 Å². The average molecular weight is 303 g/mol. The zero-order chi connectivity index (χ0) is 15.0. The van der Waals surface area contributed by atoms with Gasteiger partial charge in [0, 0.05) is 28.0 Å². The quantitative estimate of drug-likeness (QED) is 0.781. The number of carbonyl (C=O) groups is 1. The van der Waals surface area contributed by atoms with Crippen molar-refractivity contribution < 1.29 is 9.90 Å². The van der Waals surface area contributed by atoms with E-state index in [2.05, 4.69) is 20.4 Å². The summed E-state index contributed by atoms with van der Waals surface area (Å²) in [7, 11) is 0. The van der Waals surface area contributed by atoms with Gasteiger partial charge in [-0.05, 0) is 25.1 Å². The molecular formula is C13H9ClN5O2-. The molecule has 7 nitrogen and oxygen atoms in total. The van der Waals surface area contributed by atoms with E-state index in [-0.39, 0.29) is 10.6 Å². The Hall–Kier alpha value is -2.67. The van der Waals surface area contributed by atoms with Crippen LogP contribution in [0, 0.1) is 6.92 Å². The number of nitrogens with zero attached hydrogens (tertiary/aromatic N) is 4. The summed E-state index contributed by atoms with van der Waals surface area (Å²) in [5.74, 6) is -0.270. The lowest BCUT2D eigenvalue weighted by molar-refractivity contribution is -0.255. The molecular weight excluding hydrogens is 294 g/mol. The van der Waals surface area contributed by atoms with E-state index < -0.39 is 5.97 Å². The number of halogens is 1. The molecule has 3 rings (SSSR count). The number of rotatable bonds is 3. The molecule has 2 aromatic heterocycles. The number of carboxylic acids is 1. The molecule has 0 atom stereocenters. The van der Waals surface area contributed by atoms with Crippen LogP contribution in [0.4, 0.5) is 11.5 Å². The van der Waals surface area contributed by atoms with Crippen LogP contribution in [0.1, 0.15) is 16.1 Å². The Morgan fingerprint density at radius 1 is 1.38 bits per heavy atom. The van der Waals surface area contributed by atoms with Crippen LogP contribution in [0.5, 0.6) is 0 Å². The molecule has 0 aliphatic rings. The molecule has 0 spiro atoms. The van der Waals surface area contributed by atoms with E-state index in [1.165, 1.54) is 23.0 Å². The minimum atomic E-state index is -1.33. The SMILES string of the molecule is Cc1cc(Nc2ccc(Cl)c(C(=O)[O-])c2)n2ncnc2n1. The molecule has 106 valence electrons. The highest BCUT2D eigenvalue weighted by Crippen LogP contribution is 2.23. The zero-order valence-corrected chi connectivity index (χ0v) is 11.6. The maximum absolute atomic E-state index is 11.0. The standard InChI is InChI=1S/C13H10ClN5O2/c1-7-4-11(19-13(17-7)15-6-16-19)18-8-2-3-10(14)9(5-8)12(20)21/h2-6,18H,1H3,(H,20,21)/p-1. The number of carboxylic acid groups (broad SMARTS) is 1. The number of aromatic carboxylic acids is 1. The van der Waals surface area contributed by atoms with Gasteiger partial charge >= 0.3 is 0 Å². The minimum absolute atomic E-state index is 0.0812. The van der Waals surface area contributed by atoms with Crippen molar-refractivity contribution in [3.05, 3.63) is 46.9 Å². The van der Waals surface area contributed by atoms with Crippen molar-refractivity contribution in [3.63, 3.8) is 0 Å². The number of carbonyl (C=O) groups excluding carboxylic acids is 1. The van der Waals surface area contributed by atoms with Crippen molar-refractivity contribution in [3.8, 4) is 0 Å². The maximum Gasteiger partial charge on any atom is 0.254 e. The lowest BCUT2D eigenvalue weighted by Crippen LogP contribution is -2.22. The average Bonchev–Trinajstić information content (AvgIpc) is 2.88. The summed E-state index contributed by atoms with van der Waals surface area (Å²) in [6, 6.07) is 6.32. The number of hydrogen-bond donors (Lipinski definition) is 1. The molecule has 0 saturated carbocycles. The van der Waals surface area contributed by atoms with Crippen LogP contribution in [0.15, 0.2) is 30.6 Å². The Balaban J connectivity index is 2.04. The van der Waals surface area contributed by atoms with E-state index in [0.29, 0.717) is 17.3 Å². The highest BCUT2D eigenvalue weighted by molar-refractivity contribution is 6.33. The summed E-state index contributed by atoms with van der Waals surface area (Å²) in [5, 5.41) is 18.2. The monoisotopic (exact) mass is 302 g/mol. The molecule has 21 heavy (non-hydrogen) atoms. The third-order valence-electron chi connectivity index (χ3n) is 2.84. The molecule has 0 saturated heterocycles. The fraction of sp³-hybridized carbons (Fsp3) is 0.0769. The van der Waals surface area contributed by atoms with Gasteiger partial charge in [0.2, 0.25) is 0 Å². The molecule has 0 unspecified atom stereocenters. The van der Waals surface area contributed by atoms with Crippen LogP contribution in [-0.2, 0) is 0 Å². The first-order chi connectivity index (χ1) is 10.0. The molecule has 1 N–H and O–H groups in total. The predicted octanol–water partition coefficient (Wildman–Crippen LogP) is 1.19. The Labute approximate surface area is 124 Å². The molecule has 1 aromatic carbocycles. The Morgan fingerprint density at radius 3 is 2.95 bits per heavy atom. The second-order valence-corrected chi connectivity index (χ2v) is 4.77. The second kappa shape index (κ2) is 5.02. The summed E-state index contributed by atoms with van der Waals surface area (Å²) < 4.78 is 1.51. The van der Waals surface area contributed by atoms with E-state index in [1.807, 2.05) is 6.92 Å². The third kappa shape index (κ3) is 2.50. The summed E-state index contributed by atoms with van der Waals surface area (Å²) >= 11 is 5.81. The number of hydrogen-bond acceptors (Lipinski definition) is 6. The van der Waals surface area contributed by atoms with Crippen LogP contribution < -0.4 is 10.4 Å². The van der Waals surface area contributed by atoms with E-state index in [4.69, 9.17) is 11.6 Å². The number of aromatic nitrogens is 4. The van der Waals surface area contributed by atoms with Gasteiger partial charge in [0.25, 0.3) is 5.78 Å². The van der Waals surface area contributed by atoms with Crippen molar-refractivity contribution in [1.29, 1.82) is 0 Å². The number of anilines is 2. The molecule has 3 aromatic rings. The van der Waals surface area contributed by atoms with Crippen molar-refractivity contribution in [2.24, 2.45) is 0 Å². The highest BCUT2D eigenvalue weighted by Gasteiger charge is 2.08. The molecule has 0 radical (unpaired) electrons. The van der Waals surface area contributed by atoms with E-state index in [9.17, 15) is 9.90 Å². The first-order valence-electron chi connectivity index (χ1n) is 6.00. The summed E-state index contributed by atoms with van der Waals surface area (Å²) in [5.41, 5.74) is 1.22. The van der Waals surface area contributed by atoms with Gasteiger partial charge in [0.05, 0.1) is 5.97 Å². The van der Waals surface area contributed by atoms with Crippen LogP contribution in [0.25, 0.3) is 5.78 Å². The first-order valence-corrected chi connectivity index (χ1v) is 6.38. The van der Waals surface area contributed by atoms with Crippen molar-refractivity contribution >= 4 is 34.9 Å². The topological polar surface area (TPSA) is 95.2 Å². The van der Waals surface area contributed by atoms with Gasteiger partial charge in [0.15, 0.2) is 0 Å². The molecule has 8 heteroatoms. The molecule has 0 amide bonds. The third-order valence-corrected chi connectivity index (χ3v) is 3.17. The fourth-order valence-corrected chi connectivity index (χ4v) is 2.12.